The summed E-state index contributed by atoms with van der Waals surface area (Å²) in [6.45, 7) is 2.42. The number of aromatic amines is 1. The third-order valence-electron chi connectivity index (χ3n) is 4.38. The van der Waals surface area contributed by atoms with Crippen molar-refractivity contribution in [3.05, 3.63) is 41.2 Å². The predicted molar refractivity (Wildman–Crippen MR) is 92.2 cm³/mol. The van der Waals surface area contributed by atoms with E-state index in [2.05, 4.69) is 20.7 Å². The van der Waals surface area contributed by atoms with E-state index in [0.717, 1.165) is 30.7 Å². The van der Waals surface area contributed by atoms with Crippen LogP contribution < -0.4 is 5.32 Å². The molecule has 1 aliphatic carbocycles. The molecular weight excluding hydrogens is 320 g/mol. The normalized spacial score (nSPS) is 16.1. The molecule has 0 bridgehead atoms. The quantitative estimate of drug-likeness (QED) is 0.621. The minimum Gasteiger partial charge on any atom is -0.462 e. The zero-order valence-electron chi connectivity index (χ0n) is 14.2. The average molecular weight is 342 g/mol. The number of rotatable bonds is 6. The summed E-state index contributed by atoms with van der Waals surface area (Å²) in [5.41, 5.74) is 2.65. The number of carbonyl (C=O) groups is 2. The van der Waals surface area contributed by atoms with Gasteiger partial charge in [-0.25, -0.2) is 4.79 Å². The molecule has 2 aromatic rings. The number of benzene rings is 1. The number of nitrogens with one attached hydrogen (secondary N) is 2. The maximum atomic E-state index is 12.6. The van der Waals surface area contributed by atoms with Crippen molar-refractivity contribution in [2.24, 2.45) is 5.92 Å². The van der Waals surface area contributed by atoms with E-state index in [4.69, 9.17) is 4.74 Å². The van der Waals surface area contributed by atoms with Gasteiger partial charge >= 0.3 is 5.97 Å². The molecule has 1 aliphatic rings. The number of amides is 1. The van der Waals surface area contributed by atoms with E-state index in [-0.39, 0.29) is 11.8 Å². The molecule has 7 heteroatoms. The molecule has 3 rings (SSSR count). The lowest BCUT2D eigenvalue weighted by atomic mass is 9.89. The summed E-state index contributed by atoms with van der Waals surface area (Å²) in [7, 11) is 0. The van der Waals surface area contributed by atoms with Gasteiger partial charge in [0.05, 0.1) is 29.2 Å². The van der Waals surface area contributed by atoms with Crippen molar-refractivity contribution in [2.45, 2.75) is 39.0 Å². The second-order valence-corrected chi connectivity index (χ2v) is 6.18. The Kier molecular flexibility index (Phi) is 5.42. The van der Waals surface area contributed by atoms with Gasteiger partial charge in [-0.05, 0) is 31.4 Å². The summed E-state index contributed by atoms with van der Waals surface area (Å²) in [5, 5.41) is 13.7. The van der Waals surface area contributed by atoms with Crippen LogP contribution in [0.25, 0.3) is 0 Å². The number of para-hydroxylation sites is 1. The number of esters is 1. The molecule has 1 unspecified atom stereocenters. The van der Waals surface area contributed by atoms with E-state index in [1.54, 1.807) is 24.3 Å². The molecule has 1 atom stereocenters. The first-order valence-electron chi connectivity index (χ1n) is 8.64. The Morgan fingerprint density at radius 2 is 2.08 bits per heavy atom. The molecule has 2 N–H and O–H groups in total. The van der Waals surface area contributed by atoms with Gasteiger partial charge in [-0.1, -0.05) is 25.5 Å². The summed E-state index contributed by atoms with van der Waals surface area (Å²) >= 11 is 0. The number of hydrogen-bond acceptors (Lipinski definition) is 5. The zero-order valence-corrected chi connectivity index (χ0v) is 14.2. The molecule has 0 saturated carbocycles. The number of H-pyrrole nitrogens is 1. The second-order valence-electron chi connectivity index (χ2n) is 6.18. The fraction of sp³-hybridized carbons (Fsp3) is 0.444. The lowest BCUT2D eigenvalue weighted by molar-refractivity contribution is -0.120. The highest BCUT2D eigenvalue weighted by atomic mass is 16.5. The highest BCUT2D eigenvalue weighted by Gasteiger charge is 2.28. The van der Waals surface area contributed by atoms with Crippen LogP contribution in [0.15, 0.2) is 24.3 Å². The minimum absolute atomic E-state index is 0.109. The Morgan fingerprint density at radius 3 is 2.92 bits per heavy atom. The number of ether oxygens (including phenoxy) is 1. The van der Waals surface area contributed by atoms with E-state index in [1.807, 2.05) is 6.92 Å². The zero-order chi connectivity index (χ0) is 17.6. The lowest BCUT2D eigenvalue weighted by Crippen LogP contribution is -2.29. The summed E-state index contributed by atoms with van der Waals surface area (Å²) in [4.78, 5) is 24.8. The monoisotopic (exact) mass is 342 g/mol. The van der Waals surface area contributed by atoms with Crippen molar-refractivity contribution in [3.8, 4) is 0 Å². The first kappa shape index (κ1) is 17.1. The van der Waals surface area contributed by atoms with Crippen LogP contribution in [-0.4, -0.2) is 33.9 Å². The Morgan fingerprint density at radius 1 is 1.28 bits per heavy atom. The molecule has 0 aliphatic heterocycles. The van der Waals surface area contributed by atoms with Gasteiger partial charge in [0.25, 0.3) is 0 Å². The van der Waals surface area contributed by atoms with Gasteiger partial charge in [-0.15, -0.1) is 0 Å². The largest absolute Gasteiger partial charge is 0.462 e. The molecule has 0 radical (unpaired) electrons. The highest BCUT2D eigenvalue weighted by Crippen LogP contribution is 2.24. The van der Waals surface area contributed by atoms with Crippen molar-refractivity contribution < 1.29 is 14.3 Å². The van der Waals surface area contributed by atoms with Crippen LogP contribution >= 0.6 is 0 Å². The van der Waals surface area contributed by atoms with Crippen LogP contribution in [0.3, 0.4) is 0 Å². The Labute approximate surface area is 146 Å². The average Bonchev–Trinajstić information content (AvgIpc) is 3.10. The van der Waals surface area contributed by atoms with Crippen molar-refractivity contribution >= 4 is 17.6 Å². The number of carbonyl (C=O) groups excluding carboxylic acids is 2. The van der Waals surface area contributed by atoms with Crippen LogP contribution in [0.2, 0.25) is 0 Å². The molecule has 1 aromatic heterocycles. The predicted octanol–water partition coefficient (Wildman–Crippen LogP) is 2.51. The minimum atomic E-state index is -0.410. The van der Waals surface area contributed by atoms with Crippen LogP contribution in [0.1, 0.15) is 47.9 Å². The third kappa shape index (κ3) is 4.04. The summed E-state index contributed by atoms with van der Waals surface area (Å²) in [6, 6.07) is 6.93. The van der Waals surface area contributed by atoms with E-state index >= 15 is 0 Å². The highest BCUT2D eigenvalue weighted by molar-refractivity contribution is 6.01. The van der Waals surface area contributed by atoms with Gasteiger partial charge in [0.1, 0.15) is 0 Å². The summed E-state index contributed by atoms with van der Waals surface area (Å²) in [6.07, 6.45) is 3.78. The van der Waals surface area contributed by atoms with Crippen LogP contribution in [0.5, 0.6) is 0 Å². The number of anilines is 1. The molecule has 0 spiro atoms. The Balaban J connectivity index is 1.66. The van der Waals surface area contributed by atoms with Crippen LogP contribution in [0.4, 0.5) is 5.69 Å². The molecule has 7 nitrogen and oxygen atoms in total. The first-order chi connectivity index (χ1) is 12.2. The van der Waals surface area contributed by atoms with Crippen molar-refractivity contribution in [2.75, 3.05) is 11.9 Å². The van der Waals surface area contributed by atoms with E-state index in [9.17, 15) is 9.59 Å². The maximum absolute atomic E-state index is 12.6. The topological polar surface area (TPSA) is 97.0 Å². The molecule has 0 saturated heterocycles. The van der Waals surface area contributed by atoms with Crippen LogP contribution in [-0.2, 0) is 22.4 Å². The Bertz CT molecular complexity index is 756. The number of aryl methyl sites for hydroxylation is 1. The lowest BCUT2D eigenvalue weighted by Gasteiger charge is -2.20. The fourth-order valence-electron chi connectivity index (χ4n) is 2.90. The molecule has 1 aromatic carbocycles. The second kappa shape index (κ2) is 7.92. The molecule has 1 amide bonds. The fourth-order valence-corrected chi connectivity index (χ4v) is 2.90. The number of unbranched alkanes of at least 4 members (excludes halogenated alkanes) is 1. The summed E-state index contributed by atoms with van der Waals surface area (Å²) < 4.78 is 5.26. The SMILES string of the molecule is CCCCOC(=O)c1ccccc1NC(=O)C1CCc2n[nH]nc2C1. The van der Waals surface area contributed by atoms with Crippen molar-refractivity contribution in [3.63, 3.8) is 0 Å². The number of aromatic nitrogens is 3. The van der Waals surface area contributed by atoms with E-state index in [1.165, 1.54) is 0 Å². The maximum Gasteiger partial charge on any atom is 0.340 e. The Hall–Kier alpha value is -2.70. The summed E-state index contributed by atoms with van der Waals surface area (Å²) in [5.74, 6) is -0.698. The number of fused-ring (bicyclic) bond motifs is 1. The van der Waals surface area contributed by atoms with Crippen molar-refractivity contribution in [1.82, 2.24) is 15.4 Å². The third-order valence-corrected chi connectivity index (χ3v) is 4.38. The first-order valence-corrected chi connectivity index (χ1v) is 8.64. The van der Waals surface area contributed by atoms with Crippen LogP contribution in [0, 0.1) is 5.92 Å². The number of hydrogen-bond donors (Lipinski definition) is 2. The molecule has 25 heavy (non-hydrogen) atoms. The van der Waals surface area contributed by atoms with Gasteiger partial charge in [0.15, 0.2) is 0 Å². The van der Waals surface area contributed by atoms with E-state index < -0.39 is 5.97 Å². The van der Waals surface area contributed by atoms with Gasteiger partial charge in [0, 0.05) is 12.3 Å². The molecular formula is C18H22N4O3. The smallest absolute Gasteiger partial charge is 0.340 e. The van der Waals surface area contributed by atoms with Gasteiger partial charge in [-0.3, -0.25) is 4.79 Å². The van der Waals surface area contributed by atoms with Gasteiger partial charge < -0.3 is 10.1 Å². The number of nitrogens with zero attached hydrogens (tertiary/aromatic N) is 2. The molecule has 1 heterocycles. The standard InChI is InChI=1S/C18H22N4O3/c1-2-3-10-25-18(24)13-6-4-5-7-14(13)19-17(23)12-8-9-15-16(11-12)21-22-20-15/h4-7,12H,2-3,8-11H2,1H3,(H,19,23)(H,20,21,22). The molecule has 0 fully saturated rings. The van der Waals surface area contributed by atoms with E-state index in [0.29, 0.717) is 30.7 Å². The molecule has 132 valence electrons. The van der Waals surface area contributed by atoms with Crippen molar-refractivity contribution in [1.29, 1.82) is 0 Å². The van der Waals surface area contributed by atoms with Gasteiger partial charge in [0.2, 0.25) is 5.91 Å². The van der Waals surface area contributed by atoms with Gasteiger partial charge in [-0.2, -0.15) is 15.4 Å².